The summed E-state index contributed by atoms with van der Waals surface area (Å²) in [4.78, 5) is 19.1. The highest BCUT2D eigenvalue weighted by molar-refractivity contribution is 7.88. The van der Waals surface area contributed by atoms with Crippen molar-refractivity contribution in [3.8, 4) is 0 Å². The van der Waals surface area contributed by atoms with Crippen LogP contribution in [0.1, 0.15) is 25.7 Å². The second-order valence-electron chi connectivity index (χ2n) is 7.29. The van der Waals surface area contributed by atoms with Crippen molar-refractivity contribution in [2.45, 2.75) is 31.7 Å². The molecule has 0 aromatic rings. The van der Waals surface area contributed by atoms with Gasteiger partial charge in [-0.05, 0) is 12.8 Å². The summed E-state index contributed by atoms with van der Waals surface area (Å²) in [6.45, 7) is 6.38. The van der Waals surface area contributed by atoms with Gasteiger partial charge in [-0.3, -0.25) is 14.6 Å². The highest BCUT2D eigenvalue weighted by atomic mass is 32.2. The average molecular weight is 359 g/mol. The fourth-order valence-electron chi connectivity index (χ4n) is 4.12. The average Bonchev–Trinajstić information content (AvgIpc) is 3.09. The van der Waals surface area contributed by atoms with Gasteiger partial charge in [0, 0.05) is 58.4 Å². The minimum atomic E-state index is -3.14. The van der Waals surface area contributed by atoms with Gasteiger partial charge in [0.1, 0.15) is 0 Å². The maximum absolute atomic E-state index is 12.5. The van der Waals surface area contributed by atoms with E-state index in [4.69, 9.17) is 0 Å². The van der Waals surface area contributed by atoms with E-state index in [9.17, 15) is 13.2 Å². The Hall–Kier alpha value is -0.700. The van der Waals surface area contributed by atoms with Gasteiger partial charge in [0.05, 0.1) is 12.8 Å². The standard InChI is InChI=1S/C16H30N4O3S/c1-24(22,23)20-12-10-19(11-13-20)16(21)14-17-6-8-18(9-7-17)15-4-2-3-5-15/h15H,2-14H2,1H3. The van der Waals surface area contributed by atoms with Crippen molar-refractivity contribution in [3.05, 3.63) is 0 Å². The van der Waals surface area contributed by atoms with Crippen LogP contribution >= 0.6 is 0 Å². The Morgan fingerprint density at radius 2 is 1.50 bits per heavy atom. The fourth-order valence-corrected chi connectivity index (χ4v) is 4.94. The van der Waals surface area contributed by atoms with Gasteiger partial charge in [-0.25, -0.2) is 8.42 Å². The van der Waals surface area contributed by atoms with Crippen molar-refractivity contribution >= 4 is 15.9 Å². The van der Waals surface area contributed by atoms with Crippen molar-refractivity contribution in [3.63, 3.8) is 0 Å². The molecular weight excluding hydrogens is 328 g/mol. The van der Waals surface area contributed by atoms with Gasteiger partial charge in [-0.15, -0.1) is 0 Å². The van der Waals surface area contributed by atoms with Crippen LogP contribution in [-0.2, 0) is 14.8 Å². The number of hydrogen-bond acceptors (Lipinski definition) is 5. The number of nitrogens with zero attached hydrogens (tertiary/aromatic N) is 4. The molecular formula is C16H30N4O3S. The molecule has 0 radical (unpaired) electrons. The molecule has 1 saturated carbocycles. The largest absolute Gasteiger partial charge is 0.339 e. The molecule has 0 spiro atoms. The monoisotopic (exact) mass is 358 g/mol. The number of hydrogen-bond donors (Lipinski definition) is 0. The molecule has 0 aromatic carbocycles. The van der Waals surface area contributed by atoms with Crippen LogP contribution in [0, 0.1) is 0 Å². The lowest BCUT2D eigenvalue weighted by molar-refractivity contribution is -0.134. The third-order valence-corrected chi connectivity index (χ3v) is 6.97. The quantitative estimate of drug-likeness (QED) is 0.687. The zero-order valence-corrected chi connectivity index (χ0v) is 15.5. The maximum Gasteiger partial charge on any atom is 0.236 e. The molecule has 8 heteroatoms. The van der Waals surface area contributed by atoms with Gasteiger partial charge in [0.2, 0.25) is 15.9 Å². The SMILES string of the molecule is CS(=O)(=O)N1CCN(C(=O)CN2CCN(C3CCCC3)CC2)CC1. The molecule has 3 rings (SSSR count). The van der Waals surface area contributed by atoms with Crippen molar-refractivity contribution in [1.82, 2.24) is 19.0 Å². The fraction of sp³-hybridized carbons (Fsp3) is 0.938. The zero-order chi connectivity index (χ0) is 17.2. The minimum absolute atomic E-state index is 0.137. The lowest BCUT2D eigenvalue weighted by atomic mass is 10.2. The van der Waals surface area contributed by atoms with Gasteiger partial charge < -0.3 is 4.90 Å². The third-order valence-electron chi connectivity index (χ3n) is 5.67. The molecule has 7 nitrogen and oxygen atoms in total. The minimum Gasteiger partial charge on any atom is -0.339 e. The first kappa shape index (κ1) is 18.1. The normalized spacial score (nSPS) is 26.1. The smallest absolute Gasteiger partial charge is 0.236 e. The lowest BCUT2D eigenvalue weighted by Crippen LogP contribution is -2.55. The van der Waals surface area contributed by atoms with Gasteiger partial charge in [-0.1, -0.05) is 12.8 Å². The van der Waals surface area contributed by atoms with Crippen LogP contribution < -0.4 is 0 Å². The van der Waals surface area contributed by atoms with Gasteiger partial charge >= 0.3 is 0 Å². The number of carbonyl (C=O) groups excluding carboxylic acids is 1. The number of sulfonamides is 1. The van der Waals surface area contributed by atoms with Crippen LogP contribution in [0.5, 0.6) is 0 Å². The Kier molecular flexibility index (Phi) is 5.79. The molecule has 1 aliphatic carbocycles. The molecule has 3 aliphatic rings. The van der Waals surface area contributed by atoms with E-state index in [1.54, 1.807) is 0 Å². The molecule has 3 fully saturated rings. The predicted molar refractivity (Wildman–Crippen MR) is 93.3 cm³/mol. The second kappa shape index (κ2) is 7.68. The maximum atomic E-state index is 12.5. The summed E-state index contributed by atoms with van der Waals surface area (Å²) in [5.74, 6) is 0.137. The van der Waals surface area contributed by atoms with Gasteiger partial charge in [0.15, 0.2) is 0 Å². The Morgan fingerprint density at radius 3 is 2.04 bits per heavy atom. The lowest BCUT2D eigenvalue weighted by Gasteiger charge is -2.39. The molecule has 138 valence electrons. The van der Waals surface area contributed by atoms with Gasteiger partial charge in [-0.2, -0.15) is 4.31 Å². The molecule has 2 heterocycles. The summed E-state index contributed by atoms with van der Waals surface area (Å²) in [7, 11) is -3.14. The third kappa shape index (κ3) is 4.47. The van der Waals surface area contributed by atoms with Crippen molar-refractivity contribution in [2.75, 3.05) is 65.2 Å². The summed E-state index contributed by atoms with van der Waals surface area (Å²) in [5.41, 5.74) is 0. The highest BCUT2D eigenvalue weighted by Crippen LogP contribution is 2.24. The van der Waals surface area contributed by atoms with Crippen LogP contribution in [0.3, 0.4) is 0 Å². The molecule has 1 amide bonds. The summed E-state index contributed by atoms with van der Waals surface area (Å²) in [5, 5.41) is 0. The highest BCUT2D eigenvalue weighted by Gasteiger charge is 2.29. The van der Waals surface area contributed by atoms with E-state index in [1.807, 2.05) is 4.90 Å². The molecule has 0 atom stereocenters. The van der Waals surface area contributed by atoms with Crippen LogP contribution in [0.25, 0.3) is 0 Å². The van der Waals surface area contributed by atoms with Crippen LogP contribution in [0.2, 0.25) is 0 Å². The first-order valence-electron chi connectivity index (χ1n) is 9.13. The van der Waals surface area contributed by atoms with E-state index in [0.29, 0.717) is 32.7 Å². The zero-order valence-electron chi connectivity index (χ0n) is 14.7. The molecule has 2 saturated heterocycles. The topological polar surface area (TPSA) is 64.2 Å². The Labute approximate surface area is 145 Å². The van der Waals surface area contributed by atoms with Crippen LogP contribution in [-0.4, -0.2) is 105 Å². The summed E-state index contributed by atoms with van der Waals surface area (Å²) in [6, 6.07) is 0.770. The van der Waals surface area contributed by atoms with E-state index >= 15 is 0 Å². The summed E-state index contributed by atoms with van der Waals surface area (Å²) >= 11 is 0. The van der Waals surface area contributed by atoms with Crippen molar-refractivity contribution in [1.29, 1.82) is 0 Å². The number of carbonyl (C=O) groups is 1. The van der Waals surface area contributed by atoms with Crippen LogP contribution in [0.4, 0.5) is 0 Å². The first-order chi connectivity index (χ1) is 11.4. The Bertz CT molecular complexity index is 532. The van der Waals surface area contributed by atoms with E-state index in [1.165, 1.54) is 36.2 Å². The number of amides is 1. The number of piperazine rings is 2. The first-order valence-corrected chi connectivity index (χ1v) is 11.0. The Balaban J connectivity index is 1.40. The summed E-state index contributed by atoms with van der Waals surface area (Å²) < 4.78 is 24.5. The van der Waals surface area contributed by atoms with Crippen LogP contribution in [0.15, 0.2) is 0 Å². The summed E-state index contributed by atoms with van der Waals surface area (Å²) in [6.07, 6.45) is 6.63. The molecule has 0 aromatic heterocycles. The molecule has 0 N–H and O–H groups in total. The molecule has 2 aliphatic heterocycles. The Morgan fingerprint density at radius 1 is 0.917 bits per heavy atom. The van der Waals surface area contributed by atoms with Crippen molar-refractivity contribution < 1.29 is 13.2 Å². The second-order valence-corrected chi connectivity index (χ2v) is 9.28. The predicted octanol–water partition coefficient (Wildman–Crippen LogP) is -0.350. The molecule has 0 bridgehead atoms. The van der Waals surface area contributed by atoms with E-state index in [0.717, 1.165) is 32.2 Å². The molecule has 0 unspecified atom stereocenters. The van der Waals surface area contributed by atoms with Gasteiger partial charge in [0.25, 0.3) is 0 Å². The van der Waals surface area contributed by atoms with E-state index < -0.39 is 10.0 Å². The molecule has 24 heavy (non-hydrogen) atoms. The van der Waals surface area contributed by atoms with Crippen molar-refractivity contribution in [2.24, 2.45) is 0 Å². The number of rotatable bonds is 4. The van der Waals surface area contributed by atoms with E-state index in [2.05, 4.69) is 9.80 Å². The van der Waals surface area contributed by atoms with E-state index in [-0.39, 0.29) is 5.91 Å².